The molecule has 1 saturated heterocycles. The van der Waals surface area contributed by atoms with Crippen molar-refractivity contribution in [2.24, 2.45) is 17.6 Å². The van der Waals surface area contributed by atoms with Crippen LogP contribution < -0.4 is 5.73 Å². The highest BCUT2D eigenvalue weighted by Crippen LogP contribution is 2.16. The first-order valence-corrected chi connectivity index (χ1v) is 6.10. The van der Waals surface area contributed by atoms with Crippen LogP contribution in [0.1, 0.15) is 27.7 Å². The van der Waals surface area contributed by atoms with Crippen molar-refractivity contribution in [3.63, 3.8) is 0 Å². The number of morpholine rings is 1. The third-order valence-corrected chi connectivity index (χ3v) is 3.23. The molecule has 1 fully saturated rings. The maximum atomic E-state index is 5.80. The van der Waals surface area contributed by atoms with Gasteiger partial charge in [-0.25, -0.2) is 0 Å². The van der Waals surface area contributed by atoms with Gasteiger partial charge in [-0.15, -0.1) is 0 Å². The Kier molecular flexibility index (Phi) is 5.03. The van der Waals surface area contributed by atoms with Crippen molar-refractivity contribution in [3.8, 4) is 0 Å². The first-order valence-electron chi connectivity index (χ1n) is 6.10. The summed E-state index contributed by atoms with van der Waals surface area (Å²) in [4.78, 5) is 2.50. The van der Waals surface area contributed by atoms with Crippen molar-refractivity contribution >= 4 is 0 Å². The van der Waals surface area contributed by atoms with E-state index in [4.69, 9.17) is 10.5 Å². The molecule has 3 nitrogen and oxygen atoms in total. The maximum absolute atomic E-state index is 5.80. The fraction of sp³-hybridized carbons (Fsp3) is 1.00. The fourth-order valence-corrected chi connectivity index (χ4v) is 2.32. The molecule has 0 saturated carbocycles. The van der Waals surface area contributed by atoms with Gasteiger partial charge >= 0.3 is 0 Å². The van der Waals surface area contributed by atoms with Crippen LogP contribution in [0.3, 0.4) is 0 Å². The smallest absolute Gasteiger partial charge is 0.0678 e. The van der Waals surface area contributed by atoms with E-state index >= 15 is 0 Å². The Labute approximate surface area is 94.0 Å². The normalized spacial score (nSPS) is 30.8. The van der Waals surface area contributed by atoms with Crippen molar-refractivity contribution in [3.05, 3.63) is 0 Å². The second-order valence-electron chi connectivity index (χ2n) is 5.22. The summed E-state index contributed by atoms with van der Waals surface area (Å²) < 4.78 is 5.72. The Hall–Kier alpha value is -0.120. The highest BCUT2D eigenvalue weighted by Gasteiger charge is 2.24. The van der Waals surface area contributed by atoms with Gasteiger partial charge < -0.3 is 10.5 Å². The average Bonchev–Trinajstić information content (AvgIpc) is 2.12. The van der Waals surface area contributed by atoms with Gasteiger partial charge in [0.2, 0.25) is 0 Å². The lowest BCUT2D eigenvalue weighted by Gasteiger charge is -2.37. The van der Waals surface area contributed by atoms with Crippen molar-refractivity contribution in [2.45, 2.75) is 39.9 Å². The molecule has 0 radical (unpaired) electrons. The molecule has 0 aliphatic carbocycles. The summed E-state index contributed by atoms with van der Waals surface area (Å²) in [6, 6.07) is 0. The van der Waals surface area contributed by atoms with Gasteiger partial charge in [0, 0.05) is 19.6 Å². The van der Waals surface area contributed by atoms with Crippen LogP contribution in [0.15, 0.2) is 0 Å². The van der Waals surface area contributed by atoms with Crippen LogP contribution >= 0.6 is 0 Å². The predicted molar refractivity (Wildman–Crippen MR) is 63.8 cm³/mol. The summed E-state index contributed by atoms with van der Waals surface area (Å²) in [5.41, 5.74) is 5.80. The largest absolute Gasteiger partial charge is 0.373 e. The van der Waals surface area contributed by atoms with E-state index in [-0.39, 0.29) is 0 Å². The van der Waals surface area contributed by atoms with Crippen molar-refractivity contribution in [2.75, 3.05) is 26.2 Å². The van der Waals surface area contributed by atoms with Crippen molar-refractivity contribution in [1.82, 2.24) is 4.90 Å². The summed E-state index contributed by atoms with van der Waals surface area (Å²) in [5.74, 6) is 1.28. The molecule has 15 heavy (non-hydrogen) atoms. The quantitative estimate of drug-likeness (QED) is 0.767. The lowest BCUT2D eigenvalue weighted by Crippen LogP contribution is -2.48. The van der Waals surface area contributed by atoms with Gasteiger partial charge in [0.25, 0.3) is 0 Å². The lowest BCUT2D eigenvalue weighted by atomic mass is 9.95. The zero-order chi connectivity index (χ0) is 11.4. The van der Waals surface area contributed by atoms with Gasteiger partial charge in [-0.1, -0.05) is 13.8 Å². The van der Waals surface area contributed by atoms with Gasteiger partial charge in [-0.05, 0) is 32.2 Å². The van der Waals surface area contributed by atoms with E-state index in [0.717, 1.165) is 26.2 Å². The number of hydrogen-bond acceptors (Lipinski definition) is 3. The molecular formula is C12H26N2O. The third-order valence-electron chi connectivity index (χ3n) is 3.23. The average molecular weight is 214 g/mol. The second-order valence-corrected chi connectivity index (χ2v) is 5.22. The number of ether oxygens (including phenoxy) is 1. The molecule has 90 valence electrons. The highest BCUT2D eigenvalue weighted by molar-refractivity contribution is 4.77. The third kappa shape index (κ3) is 4.09. The van der Waals surface area contributed by atoms with Crippen LogP contribution in [0, 0.1) is 11.8 Å². The van der Waals surface area contributed by atoms with Gasteiger partial charge in [-0.2, -0.15) is 0 Å². The molecule has 0 aromatic carbocycles. The fourth-order valence-electron chi connectivity index (χ4n) is 2.32. The molecular weight excluding hydrogens is 188 g/mol. The van der Waals surface area contributed by atoms with Crippen LogP contribution in [-0.4, -0.2) is 43.3 Å². The zero-order valence-corrected chi connectivity index (χ0v) is 10.6. The molecule has 3 unspecified atom stereocenters. The minimum absolute atomic E-state index is 0.360. The number of nitrogens with zero attached hydrogens (tertiary/aromatic N) is 1. The predicted octanol–water partition coefficient (Wildman–Crippen LogP) is 1.33. The molecule has 0 aromatic rings. The van der Waals surface area contributed by atoms with E-state index in [0.29, 0.717) is 24.0 Å². The first-order chi connectivity index (χ1) is 7.02. The number of nitrogens with two attached hydrogens (primary N) is 1. The summed E-state index contributed by atoms with van der Waals surface area (Å²) in [6.45, 7) is 12.8. The topological polar surface area (TPSA) is 38.5 Å². The summed E-state index contributed by atoms with van der Waals surface area (Å²) in [7, 11) is 0. The van der Waals surface area contributed by atoms with E-state index in [1.54, 1.807) is 0 Å². The Morgan fingerprint density at radius 2 is 1.80 bits per heavy atom. The molecule has 1 aliphatic rings. The van der Waals surface area contributed by atoms with E-state index in [9.17, 15) is 0 Å². The highest BCUT2D eigenvalue weighted by atomic mass is 16.5. The first kappa shape index (κ1) is 12.9. The zero-order valence-electron chi connectivity index (χ0n) is 10.6. The Morgan fingerprint density at radius 1 is 1.27 bits per heavy atom. The number of hydrogen-bond donors (Lipinski definition) is 1. The molecule has 3 heteroatoms. The molecule has 0 bridgehead atoms. The Balaban J connectivity index is 2.42. The lowest BCUT2D eigenvalue weighted by molar-refractivity contribution is -0.0725. The summed E-state index contributed by atoms with van der Waals surface area (Å²) in [6.07, 6.45) is 0.721. The molecule has 0 spiro atoms. The van der Waals surface area contributed by atoms with Crippen LogP contribution in [0.2, 0.25) is 0 Å². The van der Waals surface area contributed by atoms with Gasteiger partial charge in [0.1, 0.15) is 0 Å². The van der Waals surface area contributed by atoms with E-state index in [1.807, 2.05) is 0 Å². The molecule has 0 amide bonds. The molecule has 3 atom stereocenters. The molecule has 0 aromatic heterocycles. The van der Waals surface area contributed by atoms with Crippen molar-refractivity contribution in [1.29, 1.82) is 0 Å². The Morgan fingerprint density at radius 3 is 2.20 bits per heavy atom. The Bertz CT molecular complexity index is 174. The van der Waals surface area contributed by atoms with Crippen LogP contribution in [-0.2, 0) is 4.74 Å². The SMILES string of the molecule is CC1CN(CC(CN)C(C)C)CC(C)O1. The van der Waals surface area contributed by atoms with E-state index in [2.05, 4.69) is 32.6 Å². The van der Waals surface area contributed by atoms with Gasteiger partial charge in [0.15, 0.2) is 0 Å². The minimum atomic E-state index is 0.360. The molecule has 1 aliphatic heterocycles. The van der Waals surface area contributed by atoms with Crippen molar-refractivity contribution < 1.29 is 4.74 Å². The number of rotatable bonds is 4. The second kappa shape index (κ2) is 5.83. The monoisotopic (exact) mass is 214 g/mol. The van der Waals surface area contributed by atoms with Gasteiger partial charge in [-0.3, -0.25) is 4.90 Å². The van der Waals surface area contributed by atoms with Crippen LogP contribution in [0.25, 0.3) is 0 Å². The summed E-state index contributed by atoms with van der Waals surface area (Å²) in [5, 5.41) is 0. The minimum Gasteiger partial charge on any atom is -0.373 e. The maximum Gasteiger partial charge on any atom is 0.0678 e. The van der Waals surface area contributed by atoms with E-state index < -0.39 is 0 Å². The standard InChI is InChI=1S/C12H26N2O/c1-9(2)12(5-13)8-14-6-10(3)15-11(4)7-14/h9-12H,5-8,13H2,1-4H3. The molecule has 1 heterocycles. The van der Waals surface area contributed by atoms with Gasteiger partial charge in [0.05, 0.1) is 12.2 Å². The summed E-state index contributed by atoms with van der Waals surface area (Å²) >= 11 is 0. The molecule has 1 rings (SSSR count). The molecule has 2 N–H and O–H groups in total. The van der Waals surface area contributed by atoms with Crippen LogP contribution in [0.5, 0.6) is 0 Å². The van der Waals surface area contributed by atoms with Crippen LogP contribution in [0.4, 0.5) is 0 Å². The van der Waals surface area contributed by atoms with E-state index in [1.165, 1.54) is 0 Å².